The molecule has 0 saturated heterocycles. The molecule has 1 aliphatic rings. The molecule has 0 aliphatic heterocycles. The van der Waals surface area contributed by atoms with Gasteiger partial charge in [-0.15, -0.1) is 0 Å². The zero-order chi connectivity index (χ0) is 11.0. The molecule has 0 atom stereocenters. The number of hydrogen-bond donors (Lipinski definition) is 0. The van der Waals surface area contributed by atoms with Gasteiger partial charge in [0.15, 0.2) is 0 Å². The van der Waals surface area contributed by atoms with E-state index in [-0.39, 0.29) is 0 Å². The van der Waals surface area contributed by atoms with Gasteiger partial charge in [0.2, 0.25) is 0 Å². The summed E-state index contributed by atoms with van der Waals surface area (Å²) in [5.41, 5.74) is 4.99. The molecule has 0 unspecified atom stereocenters. The maximum atomic E-state index is 5.44. The van der Waals surface area contributed by atoms with Crippen LogP contribution in [0.2, 0.25) is 0 Å². The summed E-state index contributed by atoms with van der Waals surface area (Å²) in [7, 11) is 1.72. The minimum absolute atomic E-state index is 0.950. The van der Waals surface area contributed by atoms with Crippen molar-refractivity contribution in [2.75, 3.05) is 7.11 Å². The van der Waals surface area contributed by atoms with Crippen molar-refractivity contribution in [3.05, 3.63) is 47.8 Å². The summed E-state index contributed by atoms with van der Waals surface area (Å²) in [4.78, 5) is 4.44. The van der Waals surface area contributed by atoms with Gasteiger partial charge >= 0.3 is 0 Å². The SMILES string of the molecule is COc1cccc2c1-c1cccnc1CC2. The van der Waals surface area contributed by atoms with Gasteiger partial charge in [-0.2, -0.15) is 0 Å². The molecule has 3 rings (SSSR count). The van der Waals surface area contributed by atoms with Gasteiger partial charge in [0.1, 0.15) is 5.75 Å². The molecule has 2 heteroatoms. The number of benzene rings is 1. The van der Waals surface area contributed by atoms with Gasteiger partial charge in [-0.3, -0.25) is 4.98 Å². The maximum absolute atomic E-state index is 5.44. The zero-order valence-corrected chi connectivity index (χ0v) is 9.23. The molecule has 0 saturated carbocycles. The third-order valence-electron chi connectivity index (χ3n) is 3.12. The highest BCUT2D eigenvalue weighted by Gasteiger charge is 2.19. The van der Waals surface area contributed by atoms with E-state index in [4.69, 9.17) is 4.74 Å². The second-order valence-corrected chi connectivity index (χ2v) is 3.99. The van der Waals surface area contributed by atoms with Crippen LogP contribution in [0.15, 0.2) is 36.5 Å². The van der Waals surface area contributed by atoms with E-state index in [0.29, 0.717) is 0 Å². The van der Waals surface area contributed by atoms with Crippen LogP contribution in [0.1, 0.15) is 11.3 Å². The standard InChI is InChI=1S/C14H13NO/c1-16-13-6-2-4-10-7-8-12-11(14(10)13)5-3-9-15-12/h2-6,9H,7-8H2,1H3. The number of ether oxygens (including phenoxy) is 1. The molecule has 0 fully saturated rings. The number of aryl methyl sites for hydroxylation is 2. The second-order valence-electron chi connectivity index (χ2n) is 3.99. The average molecular weight is 211 g/mol. The fraction of sp³-hybridized carbons (Fsp3) is 0.214. The molecule has 0 radical (unpaired) electrons. The Hall–Kier alpha value is -1.83. The van der Waals surface area contributed by atoms with Gasteiger partial charge in [-0.1, -0.05) is 18.2 Å². The topological polar surface area (TPSA) is 22.1 Å². The van der Waals surface area contributed by atoms with Crippen LogP contribution in [0.4, 0.5) is 0 Å². The number of rotatable bonds is 1. The first-order valence-corrected chi connectivity index (χ1v) is 5.50. The minimum atomic E-state index is 0.950. The molecule has 1 aromatic carbocycles. The molecular formula is C14H13NO. The molecule has 2 nitrogen and oxygen atoms in total. The first-order valence-electron chi connectivity index (χ1n) is 5.50. The van der Waals surface area contributed by atoms with Gasteiger partial charge in [0.05, 0.1) is 7.11 Å². The summed E-state index contributed by atoms with van der Waals surface area (Å²) in [6.45, 7) is 0. The lowest BCUT2D eigenvalue weighted by molar-refractivity contribution is 0.415. The van der Waals surface area contributed by atoms with Crippen LogP contribution in [0.5, 0.6) is 5.75 Å². The van der Waals surface area contributed by atoms with E-state index in [0.717, 1.165) is 18.6 Å². The van der Waals surface area contributed by atoms with Crippen molar-refractivity contribution in [2.24, 2.45) is 0 Å². The molecule has 1 aromatic heterocycles. The van der Waals surface area contributed by atoms with Crippen molar-refractivity contribution < 1.29 is 4.74 Å². The fourth-order valence-corrected chi connectivity index (χ4v) is 2.38. The van der Waals surface area contributed by atoms with E-state index in [1.807, 2.05) is 18.3 Å². The smallest absolute Gasteiger partial charge is 0.127 e. The Morgan fingerprint density at radius 3 is 2.94 bits per heavy atom. The predicted octanol–water partition coefficient (Wildman–Crippen LogP) is 2.86. The van der Waals surface area contributed by atoms with E-state index in [9.17, 15) is 0 Å². The normalized spacial score (nSPS) is 12.8. The number of aromatic nitrogens is 1. The van der Waals surface area contributed by atoms with Crippen LogP contribution in [-0.2, 0) is 12.8 Å². The third kappa shape index (κ3) is 1.30. The number of fused-ring (bicyclic) bond motifs is 3. The number of hydrogen-bond acceptors (Lipinski definition) is 2. The van der Waals surface area contributed by atoms with Gasteiger partial charge in [0, 0.05) is 23.0 Å². The molecule has 0 bridgehead atoms. The highest BCUT2D eigenvalue weighted by Crippen LogP contribution is 2.38. The Morgan fingerprint density at radius 1 is 1.12 bits per heavy atom. The van der Waals surface area contributed by atoms with Crippen LogP contribution in [0, 0.1) is 0 Å². The highest BCUT2D eigenvalue weighted by molar-refractivity contribution is 5.77. The quantitative estimate of drug-likeness (QED) is 0.723. The van der Waals surface area contributed by atoms with E-state index < -0.39 is 0 Å². The lowest BCUT2D eigenvalue weighted by Gasteiger charge is -2.20. The van der Waals surface area contributed by atoms with Crippen molar-refractivity contribution >= 4 is 0 Å². The van der Waals surface area contributed by atoms with Crippen LogP contribution in [0.3, 0.4) is 0 Å². The fourth-order valence-electron chi connectivity index (χ4n) is 2.38. The Kier molecular flexibility index (Phi) is 2.13. The van der Waals surface area contributed by atoms with Crippen molar-refractivity contribution in [3.8, 4) is 16.9 Å². The largest absolute Gasteiger partial charge is 0.496 e. The second kappa shape index (κ2) is 3.63. The van der Waals surface area contributed by atoms with E-state index in [1.54, 1.807) is 7.11 Å². The molecular weight excluding hydrogens is 198 g/mol. The summed E-state index contributed by atoms with van der Waals surface area (Å²) in [5, 5.41) is 0. The first-order chi connectivity index (χ1) is 7.90. The van der Waals surface area contributed by atoms with Crippen LogP contribution >= 0.6 is 0 Å². The molecule has 1 heterocycles. The molecule has 0 amide bonds. The van der Waals surface area contributed by atoms with Gasteiger partial charge < -0.3 is 4.74 Å². The number of pyridine rings is 1. The molecule has 1 aliphatic carbocycles. The minimum Gasteiger partial charge on any atom is -0.496 e. The van der Waals surface area contributed by atoms with Crippen molar-refractivity contribution in [2.45, 2.75) is 12.8 Å². The van der Waals surface area contributed by atoms with Gasteiger partial charge in [-0.25, -0.2) is 0 Å². The van der Waals surface area contributed by atoms with Crippen molar-refractivity contribution in [1.82, 2.24) is 4.98 Å². The van der Waals surface area contributed by atoms with Gasteiger partial charge in [0.25, 0.3) is 0 Å². The summed E-state index contributed by atoms with van der Waals surface area (Å²) < 4.78 is 5.44. The zero-order valence-electron chi connectivity index (χ0n) is 9.23. The van der Waals surface area contributed by atoms with Crippen molar-refractivity contribution in [1.29, 1.82) is 0 Å². The molecule has 80 valence electrons. The Labute approximate surface area is 94.9 Å². The van der Waals surface area contributed by atoms with Crippen molar-refractivity contribution in [3.63, 3.8) is 0 Å². The lowest BCUT2D eigenvalue weighted by atomic mass is 9.88. The van der Waals surface area contributed by atoms with E-state index >= 15 is 0 Å². The third-order valence-corrected chi connectivity index (χ3v) is 3.12. The van der Waals surface area contributed by atoms with Gasteiger partial charge in [-0.05, 0) is 30.5 Å². The first kappa shape index (κ1) is 9.40. The number of nitrogens with zero attached hydrogens (tertiary/aromatic N) is 1. The Morgan fingerprint density at radius 2 is 2.06 bits per heavy atom. The Bertz CT molecular complexity index is 520. The summed E-state index contributed by atoms with van der Waals surface area (Å²) in [5.74, 6) is 0.950. The molecule has 0 spiro atoms. The average Bonchev–Trinajstić information content (AvgIpc) is 2.37. The summed E-state index contributed by atoms with van der Waals surface area (Å²) in [6.07, 6.45) is 3.94. The molecule has 0 N–H and O–H groups in total. The van der Waals surface area contributed by atoms with E-state index in [2.05, 4.69) is 23.2 Å². The molecule has 2 aromatic rings. The molecule has 16 heavy (non-hydrogen) atoms. The monoisotopic (exact) mass is 211 g/mol. The summed E-state index contributed by atoms with van der Waals surface area (Å²) >= 11 is 0. The predicted molar refractivity (Wildman–Crippen MR) is 63.6 cm³/mol. The highest BCUT2D eigenvalue weighted by atomic mass is 16.5. The van der Waals surface area contributed by atoms with E-state index in [1.165, 1.54) is 22.4 Å². The summed E-state index contributed by atoms with van der Waals surface area (Å²) in [6, 6.07) is 10.4. The van der Waals surface area contributed by atoms with Crippen LogP contribution in [-0.4, -0.2) is 12.1 Å². The number of methoxy groups -OCH3 is 1. The van der Waals surface area contributed by atoms with Crippen LogP contribution in [0.25, 0.3) is 11.1 Å². The Balaban J connectivity index is 2.30. The van der Waals surface area contributed by atoms with Crippen LogP contribution < -0.4 is 4.74 Å². The maximum Gasteiger partial charge on any atom is 0.127 e. The lowest BCUT2D eigenvalue weighted by Crippen LogP contribution is -2.06.